The molecule has 1 saturated carbocycles. The molecule has 3 saturated heterocycles. The number of benzene rings is 1. The molecular weight excluding hydrogens is 755 g/mol. The molecule has 1 aromatic carbocycles. The average Bonchev–Trinajstić information content (AvgIpc) is 3.58. The number of ether oxygens (including phenoxy) is 4. The van der Waals surface area contributed by atoms with Crippen LogP contribution in [-0.2, 0) is 16.0 Å². The van der Waals surface area contributed by atoms with E-state index in [1.807, 2.05) is 0 Å². The fourth-order valence-electron chi connectivity index (χ4n) is 6.26. The molecule has 5 heterocycles. The lowest BCUT2D eigenvalue weighted by Crippen LogP contribution is -2.53. The van der Waals surface area contributed by atoms with Crippen molar-refractivity contribution in [1.82, 2.24) is 9.88 Å². The van der Waals surface area contributed by atoms with Gasteiger partial charge in [-0.25, -0.2) is 19.5 Å². The number of halogens is 4. The summed E-state index contributed by atoms with van der Waals surface area (Å²) in [6.07, 6.45) is 7.13. The minimum Gasteiger partial charge on any atom is -0.489 e. The number of fused-ring (bicyclic) bond motifs is 3. The van der Waals surface area contributed by atoms with Crippen LogP contribution in [0.1, 0.15) is 65.2 Å². The number of thiophene rings is 1. The number of carbonyl (C=O) groups excluding carboxylic acids is 2. The van der Waals surface area contributed by atoms with Gasteiger partial charge in [-0.15, -0.1) is 22.7 Å². The lowest BCUT2D eigenvalue weighted by molar-refractivity contribution is -0.0515. The number of hydrogen-bond acceptors (Lipinski definition) is 10. The first-order valence-electron chi connectivity index (χ1n) is 17.1. The van der Waals surface area contributed by atoms with E-state index in [1.165, 1.54) is 51.8 Å². The Balaban J connectivity index is 1.23. The number of piperidine rings is 3. The Bertz CT molecular complexity index is 1790. The molecule has 4 aliphatic rings. The fraction of sp³-hybridized carbons (Fsp3) is 0.432. The zero-order valence-electron chi connectivity index (χ0n) is 28.5. The van der Waals surface area contributed by atoms with Gasteiger partial charge in [-0.1, -0.05) is 48.0 Å². The van der Waals surface area contributed by atoms with E-state index < -0.39 is 24.8 Å². The lowest BCUT2D eigenvalue weighted by atomic mass is 9.86. The number of amides is 1. The van der Waals surface area contributed by atoms with Crippen molar-refractivity contribution in [3.8, 4) is 11.5 Å². The van der Waals surface area contributed by atoms with Crippen molar-refractivity contribution in [1.29, 1.82) is 0 Å². The number of esters is 1. The Hall–Kier alpha value is -3.49. The first kappa shape index (κ1) is 38.2. The molecule has 15 heteroatoms. The Morgan fingerprint density at radius 1 is 1.13 bits per heavy atom. The van der Waals surface area contributed by atoms with Gasteiger partial charge in [0, 0.05) is 39.5 Å². The second kappa shape index (κ2) is 17.6. The van der Waals surface area contributed by atoms with Crippen molar-refractivity contribution in [3.63, 3.8) is 0 Å². The van der Waals surface area contributed by atoms with Crippen LogP contribution >= 0.6 is 45.9 Å². The quantitative estimate of drug-likeness (QED) is 0.105. The number of aromatic nitrogens is 1. The highest BCUT2D eigenvalue weighted by atomic mass is 35.5. The standard InChI is InChI=1S/C37H39Cl2F2N3O6S2/c1-3-27(38)26(28(39)4-2)18-30(24-7-9-29(49-35(40)41)31(17-24)47-21-22-5-6-22)48-34(45)33-10-8-25(52-33)19-44(36-42-13-16-51-36)37(46)50-32-20-43-14-11-23(32)12-15-43/h3-4,7-10,13,16-17,22-23,30,32,35H,1,5-6,11-12,14-15,18-21H2,2H3/b27-26+,28-4+/t30-,32-/m0/s1. The van der Waals surface area contributed by atoms with Crippen molar-refractivity contribution in [3.05, 3.63) is 91.6 Å². The van der Waals surface area contributed by atoms with E-state index in [0.717, 1.165) is 45.3 Å². The molecule has 278 valence electrons. The summed E-state index contributed by atoms with van der Waals surface area (Å²) in [6, 6.07) is 7.83. The first-order chi connectivity index (χ1) is 25.1. The highest BCUT2D eigenvalue weighted by molar-refractivity contribution is 7.14. The van der Waals surface area contributed by atoms with Crippen molar-refractivity contribution >= 4 is 63.1 Å². The van der Waals surface area contributed by atoms with Crippen LogP contribution in [0.15, 0.2) is 76.3 Å². The highest BCUT2D eigenvalue weighted by Gasteiger charge is 2.38. The van der Waals surface area contributed by atoms with E-state index in [4.69, 9.17) is 42.1 Å². The summed E-state index contributed by atoms with van der Waals surface area (Å²) in [5.41, 5.74) is 0.925. The number of alkyl halides is 2. The molecule has 9 nitrogen and oxygen atoms in total. The van der Waals surface area contributed by atoms with Crippen LogP contribution in [0.2, 0.25) is 0 Å². The van der Waals surface area contributed by atoms with Gasteiger partial charge in [0.25, 0.3) is 0 Å². The summed E-state index contributed by atoms with van der Waals surface area (Å²) < 4.78 is 49.3. The molecule has 0 spiro atoms. The van der Waals surface area contributed by atoms with Crippen LogP contribution in [0.25, 0.3) is 0 Å². The maximum absolute atomic E-state index is 13.8. The van der Waals surface area contributed by atoms with Crippen LogP contribution in [0.3, 0.4) is 0 Å². The summed E-state index contributed by atoms with van der Waals surface area (Å²) in [6.45, 7) is 5.70. The number of nitrogens with zero attached hydrogens (tertiary/aromatic N) is 3. The maximum Gasteiger partial charge on any atom is 0.416 e. The molecule has 3 aromatic rings. The second-order valence-corrected chi connectivity index (χ2v) is 15.7. The Morgan fingerprint density at radius 3 is 2.56 bits per heavy atom. The molecule has 2 aromatic heterocycles. The van der Waals surface area contributed by atoms with Gasteiger partial charge in [-0.05, 0) is 92.9 Å². The van der Waals surface area contributed by atoms with Crippen LogP contribution in [0.5, 0.6) is 11.5 Å². The lowest BCUT2D eigenvalue weighted by Gasteiger charge is -2.44. The van der Waals surface area contributed by atoms with Gasteiger partial charge >= 0.3 is 18.7 Å². The zero-order valence-corrected chi connectivity index (χ0v) is 31.6. The Kier molecular flexibility index (Phi) is 12.9. The molecule has 4 fully saturated rings. The van der Waals surface area contributed by atoms with Gasteiger partial charge in [0.05, 0.1) is 13.2 Å². The topological polar surface area (TPSA) is 90.4 Å². The molecule has 1 amide bonds. The predicted octanol–water partition coefficient (Wildman–Crippen LogP) is 9.94. The Morgan fingerprint density at radius 2 is 1.92 bits per heavy atom. The number of hydrogen-bond donors (Lipinski definition) is 0. The monoisotopic (exact) mass is 793 g/mol. The molecule has 7 rings (SSSR count). The largest absolute Gasteiger partial charge is 0.489 e. The smallest absolute Gasteiger partial charge is 0.416 e. The van der Waals surface area contributed by atoms with Gasteiger partial charge in [-0.2, -0.15) is 8.78 Å². The van der Waals surface area contributed by atoms with Crippen molar-refractivity contribution in [2.75, 3.05) is 31.1 Å². The van der Waals surface area contributed by atoms with Crippen LogP contribution in [-0.4, -0.2) is 60.9 Å². The third-order valence-electron chi connectivity index (χ3n) is 9.27. The van der Waals surface area contributed by atoms with Crippen LogP contribution in [0, 0.1) is 11.8 Å². The second-order valence-electron chi connectivity index (χ2n) is 12.8. The number of anilines is 1. The minimum atomic E-state index is -3.06. The fourth-order valence-corrected chi connectivity index (χ4v) is 8.17. The summed E-state index contributed by atoms with van der Waals surface area (Å²) in [5.74, 6) is 0.0184. The summed E-state index contributed by atoms with van der Waals surface area (Å²) in [4.78, 5) is 36.5. The number of thiazole rings is 1. The van der Waals surface area contributed by atoms with Gasteiger partial charge in [0.15, 0.2) is 16.6 Å². The van der Waals surface area contributed by atoms with E-state index in [2.05, 4.69) is 16.5 Å². The molecule has 0 unspecified atom stereocenters. The molecule has 3 aliphatic heterocycles. The van der Waals surface area contributed by atoms with Crippen molar-refractivity contribution < 1.29 is 37.3 Å². The number of rotatable bonds is 16. The number of carbonyl (C=O) groups is 2. The summed E-state index contributed by atoms with van der Waals surface area (Å²) in [5, 5.41) is 2.87. The van der Waals surface area contributed by atoms with E-state index in [-0.39, 0.29) is 40.5 Å². The normalized spacial score (nSPS) is 21.0. The van der Waals surface area contributed by atoms with Crippen molar-refractivity contribution in [2.45, 2.75) is 64.4 Å². The molecule has 2 atom stereocenters. The molecular formula is C37H39Cl2F2N3O6S2. The zero-order chi connectivity index (χ0) is 36.8. The maximum atomic E-state index is 13.8. The summed E-state index contributed by atoms with van der Waals surface area (Å²) in [7, 11) is 0. The minimum absolute atomic E-state index is 0.0400. The first-order valence-corrected chi connectivity index (χ1v) is 19.5. The predicted molar refractivity (Wildman–Crippen MR) is 199 cm³/mol. The third kappa shape index (κ3) is 9.73. The van der Waals surface area contributed by atoms with E-state index in [9.17, 15) is 18.4 Å². The van der Waals surface area contributed by atoms with Crippen molar-refractivity contribution in [2.24, 2.45) is 11.8 Å². The van der Waals surface area contributed by atoms with Gasteiger partial charge in [-0.3, -0.25) is 4.90 Å². The number of allylic oxidation sites excluding steroid dienone is 4. The van der Waals surface area contributed by atoms with Gasteiger partial charge in [0.1, 0.15) is 17.1 Å². The van der Waals surface area contributed by atoms with Crippen LogP contribution < -0.4 is 14.4 Å². The van der Waals surface area contributed by atoms with E-state index in [1.54, 1.807) is 36.7 Å². The molecule has 2 bridgehead atoms. The van der Waals surface area contributed by atoms with Gasteiger partial charge < -0.3 is 18.9 Å². The van der Waals surface area contributed by atoms with E-state index in [0.29, 0.717) is 44.6 Å². The average molecular weight is 795 g/mol. The Labute approximate surface area is 319 Å². The van der Waals surface area contributed by atoms with Crippen LogP contribution in [0.4, 0.5) is 18.7 Å². The molecule has 0 radical (unpaired) electrons. The molecule has 52 heavy (non-hydrogen) atoms. The SMILES string of the molecule is C=C/C(Cl)=C(C[C@H](OC(=O)c1ccc(CN(C(=O)O[C@H]2CN3CCC2CC3)c2nccs2)s1)c1ccc(OC(F)F)c(OCC2CC2)c1)\C(Cl)=C/C. The molecule has 0 N–H and O–H groups in total. The third-order valence-corrected chi connectivity index (χ3v) is 11.9. The summed E-state index contributed by atoms with van der Waals surface area (Å²) >= 11 is 15.6. The van der Waals surface area contributed by atoms with Gasteiger partial charge in [0.2, 0.25) is 0 Å². The highest BCUT2D eigenvalue weighted by Crippen LogP contribution is 2.40. The van der Waals surface area contributed by atoms with E-state index >= 15 is 0 Å². The molecule has 1 aliphatic carbocycles.